The number of anilines is 1. The van der Waals surface area contributed by atoms with Gasteiger partial charge in [-0.25, -0.2) is 9.97 Å². The Bertz CT molecular complexity index is 1190. The maximum atomic E-state index is 6.16. The van der Waals surface area contributed by atoms with E-state index in [1.165, 1.54) is 0 Å². The Morgan fingerprint density at radius 3 is 2.45 bits per heavy atom. The quantitative estimate of drug-likeness (QED) is 0.424. The number of hydrogen-bond acceptors (Lipinski definition) is 4. The lowest BCUT2D eigenvalue weighted by Gasteiger charge is -2.28. The lowest BCUT2D eigenvalue weighted by atomic mass is 9.87. The zero-order valence-corrected chi connectivity index (χ0v) is 16.7. The van der Waals surface area contributed by atoms with E-state index < -0.39 is 0 Å². The van der Waals surface area contributed by atoms with Gasteiger partial charge in [0.25, 0.3) is 0 Å². The first kappa shape index (κ1) is 17.8. The molecule has 4 aromatic rings. The first-order valence-electron chi connectivity index (χ1n) is 9.57. The van der Waals surface area contributed by atoms with Gasteiger partial charge in [0.05, 0.1) is 23.3 Å². The third-order valence-electron chi connectivity index (χ3n) is 5.33. The molecule has 0 fully saturated rings. The topological polar surface area (TPSA) is 41.4 Å². The second-order valence-electron chi connectivity index (χ2n) is 7.18. The van der Waals surface area contributed by atoms with Crippen molar-refractivity contribution < 1.29 is 0 Å². The summed E-state index contributed by atoms with van der Waals surface area (Å²) in [5.41, 5.74) is 4.94. The fourth-order valence-corrected chi connectivity index (χ4v) is 4.10. The molecule has 2 atom stereocenters. The molecule has 2 aromatic heterocycles. The van der Waals surface area contributed by atoms with Crippen LogP contribution in [0.3, 0.4) is 0 Å². The molecule has 4 nitrogen and oxygen atoms in total. The van der Waals surface area contributed by atoms with Crippen LogP contribution in [0.5, 0.6) is 0 Å². The Balaban J connectivity index is 1.65. The van der Waals surface area contributed by atoms with E-state index in [2.05, 4.69) is 53.3 Å². The molecule has 2 aromatic carbocycles. The van der Waals surface area contributed by atoms with Crippen LogP contribution in [0.25, 0.3) is 11.0 Å². The van der Waals surface area contributed by atoms with Crippen LogP contribution in [0.1, 0.15) is 30.1 Å². The molecule has 0 radical (unpaired) electrons. The smallest absolute Gasteiger partial charge is 0.159 e. The van der Waals surface area contributed by atoms with Crippen molar-refractivity contribution in [2.75, 3.05) is 5.01 Å². The SMILES string of the molecule is CC1=NN(c2ccccc2)C(c2ccc(Cl)cc2)C1c1ccc2cccnc2n1. The van der Waals surface area contributed by atoms with Gasteiger partial charge in [0.1, 0.15) is 0 Å². The minimum atomic E-state index is -0.0108. The average Bonchev–Trinajstić information content (AvgIpc) is 3.11. The van der Waals surface area contributed by atoms with Crippen molar-refractivity contribution in [3.63, 3.8) is 0 Å². The molecular weight excluding hydrogens is 380 g/mol. The van der Waals surface area contributed by atoms with E-state index in [1.54, 1.807) is 6.20 Å². The van der Waals surface area contributed by atoms with Gasteiger partial charge in [-0.2, -0.15) is 5.10 Å². The van der Waals surface area contributed by atoms with Crippen molar-refractivity contribution in [2.45, 2.75) is 18.9 Å². The summed E-state index contributed by atoms with van der Waals surface area (Å²) in [6.07, 6.45) is 1.78. The van der Waals surface area contributed by atoms with Crippen molar-refractivity contribution in [1.82, 2.24) is 9.97 Å². The third kappa shape index (κ3) is 3.26. The normalized spacial score (nSPS) is 18.8. The molecule has 0 saturated heterocycles. The summed E-state index contributed by atoms with van der Waals surface area (Å²) in [6, 6.07) is 26.4. The van der Waals surface area contributed by atoms with Crippen LogP contribution in [0, 0.1) is 0 Å². The highest BCUT2D eigenvalue weighted by Crippen LogP contribution is 2.44. The molecule has 29 heavy (non-hydrogen) atoms. The van der Waals surface area contributed by atoms with Gasteiger partial charge in [-0.15, -0.1) is 0 Å². The lowest BCUT2D eigenvalue weighted by molar-refractivity contribution is 0.638. The number of nitrogens with zero attached hydrogens (tertiary/aromatic N) is 4. The van der Waals surface area contributed by atoms with E-state index in [1.807, 2.05) is 42.5 Å². The minimum absolute atomic E-state index is 0.0108. The van der Waals surface area contributed by atoms with Gasteiger partial charge in [0.15, 0.2) is 5.65 Å². The maximum Gasteiger partial charge on any atom is 0.159 e. The Morgan fingerprint density at radius 1 is 0.862 bits per heavy atom. The van der Waals surface area contributed by atoms with Crippen molar-refractivity contribution in [1.29, 1.82) is 0 Å². The molecule has 0 N–H and O–H groups in total. The molecule has 0 saturated carbocycles. The van der Waals surface area contributed by atoms with Gasteiger partial charge in [0.2, 0.25) is 0 Å². The molecule has 2 unspecified atom stereocenters. The van der Waals surface area contributed by atoms with Crippen LogP contribution in [0.15, 0.2) is 90.2 Å². The van der Waals surface area contributed by atoms with Gasteiger partial charge in [0, 0.05) is 22.3 Å². The second-order valence-corrected chi connectivity index (χ2v) is 7.62. The number of para-hydroxylation sites is 1. The van der Waals surface area contributed by atoms with Crippen LogP contribution in [-0.2, 0) is 0 Å². The zero-order chi connectivity index (χ0) is 19.8. The van der Waals surface area contributed by atoms with E-state index in [9.17, 15) is 0 Å². The molecule has 0 bridgehead atoms. The summed E-state index contributed by atoms with van der Waals surface area (Å²) < 4.78 is 0. The summed E-state index contributed by atoms with van der Waals surface area (Å²) in [7, 11) is 0. The molecule has 3 heterocycles. The standard InChI is InChI=1S/C24H19ClN4/c1-16-22(21-14-11-18-6-5-15-26-24(18)27-21)23(17-9-12-19(25)13-10-17)29(28-16)20-7-3-2-4-8-20/h2-15,22-23H,1H3. The summed E-state index contributed by atoms with van der Waals surface area (Å²) in [5, 5.41) is 8.78. The number of benzene rings is 2. The monoisotopic (exact) mass is 398 g/mol. The van der Waals surface area contributed by atoms with Crippen molar-refractivity contribution in [2.24, 2.45) is 5.10 Å². The number of hydrogen-bond donors (Lipinski definition) is 0. The number of rotatable bonds is 3. The third-order valence-corrected chi connectivity index (χ3v) is 5.58. The maximum absolute atomic E-state index is 6.16. The first-order chi connectivity index (χ1) is 14.2. The molecule has 0 amide bonds. The molecule has 5 heteroatoms. The number of hydrazone groups is 1. The highest BCUT2D eigenvalue weighted by atomic mass is 35.5. The van der Waals surface area contributed by atoms with Gasteiger partial charge in [-0.3, -0.25) is 5.01 Å². The summed E-state index contributed by atoms with van der Waals surface area (Å²) in [5.74, 6) is 0.0165. The average molecular weight is 399 g/mol. The van der Waals surface area contributed by atoms with Crippen LogP contribution in [0.2, 0.25) is 5.02 Å². The molecule has 142 valence electrons. The van der Waals surface area contributed by atoms with E-state index >= 15 is 0 Å². The Hall–Kier alpha value is -3.24. The molecule has 0 spiro atoms. The lowest BCUT2D eigenvalue weighted by Crippen LogP contribution is -2.24. The van der Waals surface area contributed by atoms with E-state index in [4.69, 9.17) is 21.7 Å². The van der Waals surface area contributed by atoms with Gasteiger partial charge < -0.3 is 0 Å². The van der Waals surface area contributed by atoms with Gasteiger partial charge >= 0.3 is 0 Å². The van der Waals surface area contributed by atoms with Crippen LogP contribution in [-0.4, -0.2) is 15.7 Å². The largest absolute Gasteiger partial charge is 0.257 e. The van der Waals surface area contributed by atoms with Crippen molar-refractivity contribution in [3.8, 4) is 0 Å². The summed E-state index contributed by atoms with van der Waals surface area (Å²) in [6.45, 7) is 2.07. The zero-order valence-electron chi connectivity index (χ0n) is 15.9. The predicted molar refractivity (Wildman–Crippen MR) is 119 cm³/mol. The minimum Gasteiger partial charge on any atom is -0.257 e. The van der Waals surface area contributed by atoms with Crippen LogP contribution in [0.4, 0.5) is 5.69 Å². The molecule has 1 aliphatic rings. The number of pyridine rings is 2. The number of fused-ring (bicyclic) bond motifs is 1. The number of aromatic nitrogens is 2. The van der Waals surface area contributed by atoms with Crippen LogP contribution < -0.4 is 5.01 Å². The highest BCUT2D eigenvalue weighted by Gasteiger charge is 2.39. The predicted octanol–water partition coefficient (Wildman–Crippen LogP) is 6.00. The Morgan fingerprint density at radius 2 is 1.66 bits per heavy atom. The van der Waals surface area contributed by atoms with Crippen molar-refractivity contribution >= 4 is 34.0 Å². The summed E-state index contributed by atoms with van der Waals surface area (Å²) in [4.78, 5) is 9.33. The van der Waals surface area contributed by atoms with Crippen LogP contribution >= 0.6 is 11.6 Å². The highest BCUT2D eigenvalue weighted by molar-refractivity contribution is 6.30. The van der Waals surface area contributed by atoms with Crippen molar-refractivity contribution in [3.05, 3.63) is 101 Å². The first-order valence-corrected chi connectivity index (χ1v) is 9.95. The Labute approximate surface area is 174 Å². The van der Waals surface area contributed by atoms with Gasteiger partial charge in [-0.05, 0) is 61.0 Å². The fourth-order valence-electron chi connectivity index (χ4n) is 3.97. The van der Waals surface area contributed by atoms with E-state index in [0.29, 0.717) is 0 Å². The van der Waals surface area contributed by atoms with E-state index in [0.717, 1.165) is 38.7 Å². The summed E-state index contributed by atoms with van der Waals surface area (Å²) >= 11 is 6.16. The molecular formula is C24H19ClN4. The number of halogens is 1. The Kier molecular flexibility index (Phi) is 4.49. The molecule has 0 aliphatic carbocycles. The van der Waals surface area contributed by atoms with Gasteiger partial charge in [-0.1, -0.05) is 41.9 Å². The molecule has 5 rings (SSSR count). The fraction of sp³-hybridized carbons (Fsp3) is 0.125. The van der Waals surface area contributed by atoms with E-state index in [-0.39, 0.29) is 12.0 Å². The second kappa shape index (κ2) is 7.30. The molecule has 1 aliphatic heterocycles.